The van der Waals surface area contributed by atoms with Crippen molar-refractivity contribution in [1.82, 2.24) is 0 Å². The van der Waals surface area contributed by atoms with E-state index in [1.165, 1.54) is 17.2 Å². The second kappa shape index (κ2) is 6.63. The molecule has 0 aliphatic carbocycles. The fourth-order valence-electron chi connectivity index (χ4n) is 1.90. The number of benzene rings is 2. The minimum Gasteiger partial charge on any atom is -0.409 e. The molecule has 3 nitrogen and oxygen atoms in total. The van der Waals surface area contributed by atoms with Crippen molar-refractivity contribution >= 4 is 17.6 Å². The molecule has 0 aliphatic rings. The molecule has 0 radical (unpaired) electrons. The number of halogens is 1. The van der Waals surface area contributed by atoms with Crippen LogP contribution in [0, 0.1) is 19.7 Å². The van der Waals surface area contributed by atoms with E-state index in [9.17, 15) is 4.39 Å². The maximum absolute atomic E-state index is 14.0. The molecule has 2 aromatic rings. The van der Waals surface area contributed by atoms with E-state index in [4.69, 9.17) is 10.9 Å². The smallest absolute Gasteiger partial charge is 0.170 e. The normalized spacial score (nSPS) is 11.7. The lowest BCUT2D eigenvalue weighted by Gasteiger charge is -2.08. The van der Waals surface area contributed by atoms with Gasteiger partial charge in [0, 0.05) is 16.2 Å². The Hall–Kier alpha value is -2.01. The molecule has 0 saturated carbocycles. The summed E-state index contributed by atoms with van der Waals surface area (Å²) < 4.78 is 14.0. The molecule has 0 spiro atoms. The second-order valence-corrected chi connectivity index (χ2v) is 5.87. The number of rotatable bonds is 4. The van der Waals surface area contributed by atoms with Crippen LogP contribution in [-0.4, -0.2) is 11.0 Å². The first-order valence-electron chi connectivity index (χ1n) is 6.47. The van der Waals surface area contributed by atoms with Crippen LogP contribution in [-0.2, 0) is 5.75 Å². The molecule has 5 heteroatoms. The molecule has 0 unspecified atom stereocenters. The number of aryl methyl sites for hydroxylation is 2. The summed E-state index contributed by atoms with van der Waals surface area (Å²) in [6, 6.07) is 10.8. The van der Waals surface area contributed by atoms with Gasteiger partial charge in [0.1, 0.15) is 5.82 Å². The maximum Gasteiger partial charge on any atom is 0.170 e. The van der Waals surface area contributed by atoms with Crippen LogP contribution in [0.5, 0.6) is 0 Å². The highest BCUT2D eigenvalue weighted by Gasteiger charge is 2.08. The standard InChI is InChI=1S/C16H17FN2OS/c1-10-3-4-11(2)15(7-10)21-9-13-6-5-12(8-14(13)17)16(18)19-20/h3-8,20H,9H2,1-2H3,(H2,18,19). The number of amidine groups is 1. The molecule has 0 fully saturated rings. The summed E-state index contributed by atoms with van der Waals surface area (Å²) in [5, 5.41) is 11.5. The van der Waals surface area contributed by atoms with Crippen molar-refractivity contribution in [2.24, 2.45) is 10.9 Å². The quantitative estimate of drug-likeness (QED) is 0.297. The number of nitrogens with two attached hydrogens (primary N) is 1. The second-order valence-electron chi connectivity index (χ2n) is 4.85. The first-order valence-corrected chi connectivity index (χ1v) is 7.46. The third-order valence-corrected chi connectivity index (χ3v) is 4.39. The molecular weight excluding hydrogens is 287 g/mol. The van der Waals surface area contributed by atoms with Crippen LogP contribution in [0.3, 0.4) is 0 Å². The van der Waals surface area contributed by atoms with Gasteiger partial charge in [0.05, 0.1) is 0 Å². The van der Waals surface area contributed by atoms with Crippen LogP contribution in [0.4, 0.5) is 4.39 Å². The molecule has 0 atom stereocenters. The zero-order valence-corrected chi connectivity index (χ0v) is 12.7. The van der Waals surface area contributed by atoms with Crippen molar-refractivity contribution < 1.29 is 9.60 Å². The van der Waals surface area contributed by atoms with Crippen LogP contribution in [0.1, 0.15) is 22.3 Å². The number of thioether (sulfide) groups is 1. The van der Waals surface area contributed by atoms with Gasteiger partial charge < -0.3 is 10.9 Å². The zero-order chi connectivity index (χ0) is 15.4. The van der Waals surface area contributed by atoms with Crippen molar-refractivity contribution in [2.75, 3.05) is 0 Å². The Bertz CT molecular complexity index is 686. The Kier molecular flexibility index (Phi) is 4.85. The van der Waals surface area contributed by atoms with Gasteiger partial charge in [0.25, 0.3) is 0 Å². The van der Waals surface area contributed by atoms with Gasteiger partial charge in [0.15, 0.2) is 5.84 Å². The minimum absolute atomic E-state index is 0.0948. The number of hydrogen-bond acceptors (Lipinski definition) is 3. The highest BCUT2D eigenvalue weighted by Crippen LogP contribution is 2.28. The summed E-state index contributed by atoms with van der Waals surface area (Å²) in [6.07, 6.45) is 0. The van der Waals surface area contributed by atoms with Crippen molar-refractivity contribution in [3.05, 3.63) is 64.5 Å². The van der Waals surface area contributed by atoms with E-state index in [2.05, 4.69) is 23.4 Å². The van der Waals surface area contributed by atoms with E-state index in [0.29, 0.717) is 16.9 Å². The lowest BCUT2D eigenvalue weighted by molar-refractivity contribution is 0.318. The Morgan fingerprint density at radius 1 is 1.24 bits per heavy atom. The number of nitrogens with zero attached hydrogens (tertiary/aromatic N) is 1. The average Bonchev–Trinajstić information content (AvgIpc) is 2.48. The Morgan fingerprint density at radius 3 is 2.67 bits per heavy atom. The predicted octanol–water partition coefficient (Wildman–Crippen LogP) is 3.83. The molecule has 2 rings (SSSR count). The Balaban J connectivity index is 2.15. The Morgan fingerprint density at radius 2 is 2.00 bits per heavy atom. The third-order valence-electron chi connectivity index (χ3n) is 3.18. The molecule has 0 saturated heterocycles. The molecule has 2 aromatic carbocycles. The molecule has 0 bridgehead atoms. The van der Waals surface area contributed by atoms with Crippen molar-refractivity contribution in [3.63, 3.8) is 0 Å². The molecular formula is C16H17FN2OS. The zero-order valence-electron chi connectivity index (χ0n) is 11.9. The summed E-state index contributed by atoms with van der Waals surface area (Å²) in [6.45, 7) is 4.08. The first-order chi connectivity index (χ1) is 10.0. The number of hydrogen-bond donors (Lipinski definition) is 2. The largest absolute Gasteiger partial charge is 0.409 e. The Labute approximate surface area is 127 Å². The van der Waals surface area contributed by atoms with E-state index < -0.39 is 0 Å². The fourth-order valence-corrected chi connectivity index (χ4v) is 3.01. The molecule has 21 heavy (non-hydrogen) atoms. The lowest BCUT2D eigenvalue weighted by atomic mass is 10.1. The van der Waals surface area contributed by atoms with Crippen molar-refractivity contribution in [1.29, 1.82) is 0 Å². The van der Waals surface area contributed by atoms with Gasteiger partial charge in [0.2, 0.25) is 0 Å². The summed E-state index contributed by atoms with van der Waals surface area (Å²) in [5.74, 6) is 0.0894. The van der Waals surface area contributed by atoms with Gasteiger partial charge in [-0.25, -0.2) is 4.39 Å². The minimum atomic E-state index is -0.350. The van der Waals surface area contributed by atoms with Gasteiger partial charge in [-0.2, -0.15) is 0 Å². The third kappa shape index (κ3) is 3.76. The highest BCUT2D eigenvalue weighted by atomic mass is 32.2. The van der Waals surface area contributed by atoms with Crippen LogP contribution in [0.2, 0.25) is 0 Å². The topological polar surface area (TPSA) is 58.6 Å². The summed E-state index contributed by atoms with van der Waals surface area (Å²) in [5.41, 5.74) is 8.77. The highest BCUT2D eigenvalue weighted by molar-refractivity contribution is 7.98. The summed E-state index contributed by atoms with van der Waals surface area (Å²) in [7, 11) is 0. The van der Waals surface area contributed by atoms with Crippen LogP contribution < -0.4 is 5.73 Å². The van der Waals surface area contributed by atoms with Crippen molar-refractivity contribution in [3.8, 4) is 0 Å². The SMILES string of the molecule is Cc1ccc(C)c(SCc2ccc(/C(N)=N/O)cc2F)c1. The van der Waals surface area contributed by atoms with Gasteiger partial charge >= 0.3 is 0 Å². The average molecular weight is 304 g/mol. The van der Waals surface area contributed by atoms with Gasteiger partial charge in [-0.1, -0.05) is 35.0 Å². The molecule has 3 N–H and O–H groups in total. The van der Waals surface area contributed by atoms with E-state index in [-0.39, 0.29) is 11.7 Å². The van der Waals surface area contributed by atoms with Crippen molar-refractivity contribution in [2.45, 2.75) is 24.5 Å². The predicted molar refractivity (Wildman–Crippen MR) is 84.4 cm³/mol. The monoisotopic (exact) mass is 304 g/mol. The molecule has 0 amide bonds. The summed E-state index contributed by atoms with van der Waals surface area (Å²) in [4.78, 5) is 1.15. The molecule has 0 aromatic heterocycles. The van der Waals surface area contributed by atoms with Gasteiger partial charge in [-0.15, -0.1) is 11.8 Å². The maximum atomic E-state index is 14.0. The van der Waals surface area contributed by atoms with E-state index in [0.717, 1.165) is 4.90 Å². The van der Waals surface area contributed by atoms with Gasteiger partial charge in [-0.3, -0.25) is 0 Å². The fraction of sp³-hybridized carbons (Fsp3) is 0.188. The number of oxime groups is 1. The van der Waals surface area contributed by atoms with Crippen LogP contribution >= 0.6 is 11.8 Å². The van der Waals surface area contributed by atoms with Gasteiger partial charge in [-0.05, 0) is 37.1 Å². The van der Waals surface area contributed by atoms with E-state index in [1.54, 1.807) is 23.9 Å². The van der Waals surface area contributed by atoms with E-state index in [1.807, 2.05) is 13.8 Å². The summed E-state index contributed by atoms with van der Waals surface area (Å²) >= 11 is 1.60. The first kappa shape index (κ1) is 15.4. The van der Waals surface area contributed by atoms with E-state index >= 15 is 0 Å². The molecule has 0 aliphatic heterocycles. The molecule has 0 heterocycles. The lowest BCUT2D eigenvalue weighted by Crippen LogP contribution is -2.13. The van der Waals surface area contributed by atoms with Crippen LogP contribution in [0.15, 0.2) is 46.4 Å². The van der Waals surface area contributed by atoms with Crippen LogP contribution in [0.25, 0.3) is 0 Å². The molecule has 110 valence electrons.